The summed E-state index contributed by atoms with van der Waals surface area (Å²) in [5, 5.41) is 3.21. The van der Waals surface area contributed by atoms with E-state index in [9.17, 15) is 9.59 Å². The predicted octanol–water partition coefficient (Wildman–Crippen LogP) is 3.62. The maximum atomic E-state index is 13.3. The van der Waals surface area contributed by atoms with Gasteiger partial charge in [0.1, 0.15) is 5.75 Å². The molecule has 31 heavy (non-hydrogen) atoms. The summed E-state index contributed by atoms with van der Waals surface area (Å²) in [6.07, 6.45) is 6.41. The highest BCUT2D eigenvalue weighted by atomic mass is 16.5. The Morgan fingerprint density at radius 3 is 2.65 bits per heavy atom. The van der Waals surface area contributed by atoms with Gasteiger partial charge >= 0.3 is 0 Å². The van der Waals surface area contributed by atoms with Crippen LogP contribution in [0.4, 0.5) is 0 Å². The zero-order valence-corrected chi connectivity index (χ0v) is 19.4. The van der Waals surface area contributed by atoms with E-state index in [1.54, 1.807) is 7.11 Å². The Morgan fingerprint density at radius 2 is 1.94 bits per heavy atom. The van der Waals surface area contributed by atoms with E-state index in [4.69, 9.17) is 4.74 Å². The number of piperidine rings is 2. The van der Waals surface area contributed by atoms with Gasteiger partial charge in [0.05, 0.1) is 19.1 Å². The van der Waals surface area contributed by atoms with Crippen LogP contribution in [0.2, 0.25) is 0 Å². The molecule has 2 saturated heterocycles. The van der Waals surface area contributed by atoms with E-state index in [1.807, 2.05) is 29.2 Å². The van der Waals surface area contributed by atoms with Crippen LogP contribution in [0.1, 0.15) is 63.5 Å². The van der Waals surface area contributed by atoms with Crippen LogP contribution in [-0.4, -0.2) is 62.0 Å². The molecular formula is C25H39N3O3. The van der Waals surface area contributed by atoms with Crippen molar-refractivity contribution in [3.05, 3.63) is 29.8 Å². The number of nitrogens with zero attached hydrogens (tertiary/aromatic N) is 2. The fourth-order valence-electron chi connectivity index (χ4n) is 5.00. The van der Waals surface area contributed by atoms with Gasteiger partial charge in [0, 0.05) is 25.1 Å². The first-order valence-corrected chi connectivity index (χ1v) is 11.9. The average molecular weight is 430 g/mol. The van der Waals surface area contributed by atoms with Gasteiger partial charge in [-0.15, -0.1) is 0 Å². The highest BCUT2D eigenvalue weighted by molar-refractivity contribution is 5.85. The molecule has 2 atom stereocenters. The number of hydrogen-bond donors (Lipinski definition) is 1. The first-order valence-electron chi connectivity index (χ1n) is 11.9. The quantitative estimate of drug-likeness (QED) is 0.651. The molecule has 0 saturated carbocycles. The van der Waals surface area contributed by atoms with Crippen LogP contribution < -0.4 is 10.1 Å². The molecule has 0 aromatic heterocycles. The molecule has 0 radical (unpaired) electrons. The summed E-state index contributed by atoms with van der Waals surface area (Å²) in [6.45, 7) is 5.81. The van der Waals surface area contributed by atoms with Crippen molar-refractivity contribution < 1.29 is 14.3 Å². The second kappa shape index (κ2) is 11.5. The van der Waals surface area contributed by atoms with Crippen molar-refractivity contribution in [3.63, 3.8) is 0 Å². The van der Waals surface area contributed by atoms with Crippen molar-refractivity contribution in [2.75, 3.05) is 40.3 Å². The van der Waals surface area contributed by atoms with Gasteiger partial charge in [0.25, 0.3) is 0 Å². The number of rotatable bonds is 9. The van der Waals surface area contributed by atoms with Crippen molar-refractivity contribution in [2.24, 2.45) is 11.8 Å². The monoisotopic (exact) mass is 429 g/mol. The Morgan fingerprint density at radius 1 is 1.19 bits per heavy atom. The molecule has 1 N–H and O–H groups in total. The fraction of sp³-hybridized carbons (Fsp3) is 0.680. The van der Waals surface area contributed by atoms with Crippen molar-refractivity contribution in [1.29, 1.82) is 0 Å². The van der Waals surface area contributed by atoms with Gasteiger partial charge in [-0.3, -0.25) is 9.59 Å². The number of para-hydroxylation sites is 1. The number of carbonyl (C=O) groups is 2. The lowest BCUT2D eigenvalue weighted by atomic mass is 9.83. The van der Waals surface area contributed by atoms with E-state index in [0.717, 1.165) is 43.7 Å². The van der Waals surface area contributed by atoms with E-state index < -0.39 is 0 Å². The number of unbranched alkanes of at least 4 members (excludes halogenated alkanes) is 1. The molecule has 2 unspecified atom stereocenters. The van der Waals surface area contributed by atoms with Gasteiger partial charge in [-0.1, -0.05) is 31.5 Å². The zero-order valence-electron chi connectivity index (χ0n) is 19.4. The maximum absolute atomic E-state index is 13.3. The number of nitrogens with one attached hydrogen (secondary N) is 1. The lowest BCUT2D eigenvalue weighted by Gasteiger charge is -2.41. The molecular weight excluding hydrogens is 390 g/mol. The predicted molar refractivity (Wildman–Crippen MR) is 123 cm³/mol. The minimum Gasteiger partial charge on any atom is -0.496 e. The summed E-state index contributed by atoms with van der Waals surface area (Å²) in [6, 6.07) is 7.54. The van der Waals surface area contributed by atoms with Crippen LogP contribution in [-0.2, 0) is 9.59 Å². The van der Waals surface area contributed by atoms with E-state index in [2.05, 4.69) is 24.2 Å². The van der Waals surface area contributed by atoms with Crippen LogP contribution in [0.5, 0.6) is 5.75 Å². The molecule has 6 nitrogen and oxygen atoms in total. The molecule has 0 bridgehead atoms. The third-order valence-electron chi connectivity index (χ3n) is 6.94. The topological polar surface area (TPSA) is 61.9 Å². The molecule has 6 heteroatoms. The largest absolute Gasteiger partial charge is 0.496 e. The summed E-state index contributed by atoms with van der Waals surface area (Å²) >= 11 is 0. The maximum Gasteiger partial charge on any atom is 0.225 e. The summed E-state index contributed by atoms with van der Waals surface area (Å²) in [7, 11) is 3.82. The first-order chi connectivity index (χ1) is 15.0. The van der Waals surface area contributed by atoms with Gasteiger partial charge in [-0.25, -0.2) is 0 Å². The first kappa shape index (κ1) is 23.6. The third kappa shape index (κ3) is 6.00. The van der Waals surface area contributed by atoms with Crippen LogP contribution in [0.3, 0.4) is 0 Å². The average Bonchev–Trinajstić information content (AvgIpc) is 2.79. The molecule has 2 aliphatic rings. The SMILES string of the molecule is CCCCN1C(=O)CCC(C(=O)NCCC2CCN(C)CC2)C1c1ccccc1OC. The van der Waals surface area contributed by atoms with E-state index >= 15 is 0 Å². The summed E-state index contributed by atoms with van der Waals surface area (Å²) in [4.78, 5) is 30.4. The number of carbonyl (C=O) groups excluding carboxylic acids is 2. The molecule has 2 heterocycles. The van der Waals surface area contributed by atoms with Crippen molar-refractivity contribution in [2.45, 2.75) is 57.9 Å². The Balaban J connectivity index is 1.72. The normalized spacial score (nSPS) is 23.1. The fourth-order valence-corrected chi connectivity index (χ4v) is 5.00. The molecule has 1 aromatic carbocycles. The second-order valence-corrected chi connectivity index (χ2v) is 9.10. The lowest BCUT2D eigenvalue weighted by Crippen LogP contribution is -2.48. The number of benzene rings is 1. The summed E-state index contributed by atoms with van der Waals surface area (Å²) in [5.41, 5.74) is 0.935. The van der Waals surface area contributed by atoms with Crippen molar-refractivity contribution in [3.8, 4) is 5.75 Å². The number of likely N-dealkylation sites (tertiary alicyclic amines) is 2. The Kier molecular flexibility index (Phi) is 8.76. The molecule has 0 spiro atoms. The Labute approximate surface area is 187 Å². The number of methoxy groups -OCH3 is 1. The zero-order chi connectivity index (χ0) is 22.2. The molecule has 2 amide bonds. The van der Waals surface area contributed by atoms with Gasteiger partial charge in [-0.05, 0) is 64.2 Å². The molecule has 0 aliphatic carbocycles. The number of hydrogen-bond acceptors (Lipinski definition) is 4. The van der Waals surface area contributed by atoms with Gasteiger partial charge < -0.3 is 19.9 Å². The highest BCUT2D eigenvalue weighted by Crippen LogP contribution is 2.40. The molecule has 2 fully saturated rings. The lowest BCUT2D eigenvalue weighted by molar-refractivity contribution is -0.143. The number of amides is 2. The third-order valence-corrected chi connectivity index (χ3v) is 6.94. The van der Waals surface area contributed by atoms with Gasteiger partial charge in [-0.2, -0.15) is 0 Å². The van der Waals surface area contributed by atoms with Crippen LogP contribution in [0.25, 0.3) is 0 Å². The Bertz CT molecular complexity index is 730. The van der Waals surface area contributed by atoms with Crippen LogP contribution in [0.15, 0.2) is 24.3 Å². The van der Waals surface area contributed by atoms with Crippen molar-refractivity contribution >= 4 is 11.8 Å². The molecule has 1 aromatic rings. The summed E-state index contributed by atoms with van der Waals surface area (Å²) in [5.74, 6) is 1.39. The minimum absolute atomic E-state index is 0.0674. The van der Waals surface area contributed by atoms with E-state index in [1.165, 1.54) is 12.8 Å². The standard InChI is InChI=1S/C25H39N3O3/c1-4-5-16-28-23(29)11-10-21(24(28)20-8-6-7-9-22(20)31-3)25(30)26-15-12-19-13-17-27(2)18-14-19/h6-9,19,21,24H,4-5,10-18H2,1-3H3,(H,26,30). The van der Waals surface area contributed by atoms with Crippen LogP contribution >= 0.6 is 0 Å². The molecule has 2 aliphatic heterocycles. The van der Waals surface area contributed by atoms with E-state index in [-0.39, 0.29) is 23.8 Å². The van der Waals surface area contributed by atoms with Crippen LogP contribution in [0, 0.1) is 11.8 Å². The molecule has 3 rings (SSSR count). The number of ether oxygens (including phenoxy) is 1. The minimum atomic E-state index is -0.271. The second-order valence-electron chi connectivity index (χ2n) is 9.10. The smallest absolute Gasteiger partial charge is 0.225 e. The summed E-state index contributed by atoms with van der Waals surface area (Å²) < 4.78 is 5.61. The van der Waals surface area contributed by atoms with Gasteiger partial charge in [0.2, 0.25) is 11.8 Å². The molecule has 172 valence electrons. The highest BCUT2D eigenvalue weighted by Gasteiger charge is 2.41. The Hall–Kier alpha value is -2.08. The van der Waals surface area contributed by atoms with Gasteiger partial charge in [0.15, 0.2) is 0 Å². The van der Waals surface area contributed by atoms with Crippen molar-refractivity contribution in [1.82, 2.24) is 15.1 Å². The van der Waals surface area contributed by atoms with E-state index in [0.29, 0.717) is 31.8 Å².